The van der Waals surface area contributed by atoms with Crippen molar-refractivity contribution in [3.05, 3.63) is 81.0 Å². The summed E-state index contributed by atoms with van der Waals surface area (Å²) < 4.78 is 0.749. The van der Waals surface area contributed by atoms with E-state index in [2.05, 4.69) is 10.3 Å². The minimum atomic E-state index is -1.20. The number of carbonyl (C=O) groups excluding carboxylic acids is 1. The van der Waals surface area contributed by atoms with Crippen molar-refractivity contribution in [3.8, 4) is 0 Å². The fourth-order valence-electron chi connectivity index (χ4n) is 2.78. The van der Waals surface area contributed by atoms with Crippen LogP contribution in [0.15, 0.2) is 64.2 Å². The number of aromatic amines is 1. The van der Waals surface area contributed by atoms with E-state index in [1.807, 2.05) is 0 Å². The van der Waals surface area contributed by atoms with E-state index in [0.29, 0.717) is 5.52 Å². The number of aromatic nitrogens is 2. The fourth-order valence-corrected chi connectivity index (χ4v) is 2.78. The molecule has 0 bridgehead atoms. The van der Waals surface area contributed by atoms with Crippen LogP contribution in [0.4, 0.5) is 0 Å². The molecule has 0 aliphatic heterocycles. The molecule has 1 unspecified atom stereocenters. The van der Waals surface area contributed by atoms with Gasteiger partial charge in [-0.15, -0.1) is 0 Å². The van der Waals surface area contributed by atoms with E-state index in [1.54, 1.807) is 48.5 Å². The summed E-state index contributed by atoms with van der Waals surface area (Å²) in [6.45, 7) is -0.572. The molecule has 8 heteroatoms. The zero-order valence-electron chi connectivity index (χ0n) is 14.2. The molecule has 0 saturated carbocycles. The Morgan fingerprint density at radius 2 is 1.70 bits per heavy atom. The third-order valence-corrected chi connectivity index (χ3v) is 4.11. The number of nitrogens with zero attached hydrogens (tertiary/aromatic N) is 1. The maximum Gasteiger partial charge on any atom is 0.329 e. The number of hydrogen-bond acceptors (Lipinski definition) is 4. The minimum absolute atomic E-state index is 0.0882. The first kappa shape index (κ1) is 18.1. The second-order valence-corrected chi connectivity index (χ2v) is 6.02. The molecular formula is C19H17N3O5. The lowest BCUT2D eigenvalue weighted by Crippen LogP contribution is -2.46. The van der Waals surface area contributed by atoms with Crippen LogP contribution < -0.4 is 16.6 Å². The highest BCUT2D eigenvalue weighted by molar-refractivity contribution is 5.84. The Balaban J connectivity index is 1.80. The first-order valence-corrected chi connectivity index (χ1v) is 8.23. The number of carbonyl (C=O) groups is 2. The first-order chi connectivity index (χ1) is 13.0. The van der Waals surface area contributed by atoms with Gasteiger partial charge in [-0.05, 0) is 17.7 Å². The Labute approximate surface area is 153 Å². The normalized spacial score (nSPS) is 11.9. The number of aliphatic carboxylic acids is 1. The molecule has 1 atom stereocenters. The van der Waals surface area contributed by atoms with E-state index in [4.69, 9.17) is 0 Å². The molecule has 1 aromatic heterocycles. The lowest BCUT2D eigenvalue weighted by Gasteiger charge is -2.15. The maximum absolute atomic E-state index is 12.4. The van der Waals surface area contributed by atoms with Crippen molar-refractivity contribution in [2.24, 2.45) is 0 Å². The highest BCUT2D eigenvalue weighted by Crippen LogP contribution is 2.04. The van der Waals surface area contributed by atoms with Gasteiger partial charge in [-0.2, -0.15) is 0 Å². The summed E-state index contributed by atoms with van der Waals surface area (Å²) in [6.07, 6.45) is 0.0882. The topological polar surface area (TPSA) is 121 Å². The maximum atomic E-state index is 12.4. The molecule has 8 nitrogen and oxygen atoms in total. The monoisotopic (exact) mass is 367 g/mol. The largest absolute Gasteiger partial charge is 0.480 e. The molecule has 2 aromatic carbocycles. The van der Waals surface area contributed by atoms with Gasteiger partial charge >= 0.3 is 11.7 Å². The van der Waals surface area contributed by atoms with Gasteiger partial charge in [-0.3, -0.25) is 14.2 Å². The quantitative estimate of drug-likeness (QED) is 0.586. The van der Waals surface area contributed by atoms with E-state index < -0.39 is 35.7 Å². The van der Waals surface area contributed by atoms with Crippen LogP contribution in [0.25, 0.3) is 10.9 Å². The van der Waals surface area contributed by atoms with Gasteiger partial charge in [0, 0.05) is 6.42 Å². The molecule has 0 spiro atoms. The molecule has 0 saturated heterocycles. The Hall–Kier alpha value is -3.68. The van der Waals surface area contributed by atoms with Crippen LogP contribution in [0.3, 0.4) is 0 Å². The summed E-state index contributed by atoms with van der Waals surface area (Å²) in [5, 5.41) is 12.0. The van der Waals surface area contributed by atoms with Crippen molar-refractivity contribution < 1.29 is 14.7 Å². The molecule has 0 radical (unpaired) electrons. The zero-order valence-corrected chi connectivity index (χ0v) is 14.2. The third-order valence-electron chi connectivity index (χ3n) is 4.11. The molecule has 138 valence electrons. The highest BCUT2D eigenvalue weighted by atomic mass is 16.4. The van der Waals surface area contributed by atoms with E-state index >= 15 is 0 Å². The van der Waals surface area contributed by atoms with Gasteiger partial charge in [-0.1, -0.05) is 42.5 Å². The van der Waals surface area contributed by atoms with Gasteiger partial charge in [0.1, 0.15) is 12.6 Å². The highest BCUT2D eigenvalue weighted by Gasteiger charge is 2.21. The lowest BCUT2D eigenvalue weighted by atomic mass is 10.1. The van der Waals surface area contributed by atoms with Gasteiger partial charge < -0.3 is 15.4 Å². The number of nitrogens with one attached hydrogen (secondary N) is 2. The molecular weight excluding hydrogens is 350 g/mol. The first-order valence-electron chi connectivity index (χ1n) is 8.23. The molecule has 3 rings (SSSR count). The second-order valence-electron chi connectivity index (χ2n) is 6.02. The van der Waals surface area contributed by atoms with Gasteiger partial charge in [0.05, 0.1) is 10.9 Å². The average molecular weight is 367 g/mol. The molecule has 3 N–H and O–H groups in total. The average Bonchev–Trinajstić information content (AvgIpc) is 2.65. The van der Waals surface area contributed by atoms with Gasteiger partial charge in [-0.25, -0.2) is 9.59 Å². The van der Waals surface area contributed by atoms with E-state index in [0.717, 1.165) is 10.1 Å². The van der Waals surface area contributed by atoms with E-state index in [1.165, 1.54) is 6.07 Å². The lowest BCUT2D eigenvalue weighted by molar-refractivity contribution is -0.141. The predicted molar refractivity (Wildman–Crippen MR) is 98.5 cm³/mol. The van der Waals surface area contributed by atoms with Crippen LogP contribution in [0.2, 0.25) is 0 Å². The summed E-state index contributed by atoms with van der Waals surface area (Å²) in [5.74, 6) is -1.94. The zero-order chi connectivity index (χ0) is 19.4. The Morgan fingerprint density at radius 3 is 2.41 bits per heavy atom. The van der Waals surface area contributed by atoms with E-state index in [-0.39, 0.29) is 11.8 Å². The third kappa shape index (κ3) is 4.12. The van der Waals surface area contributed by atoms with Gasteiger partial charge in [0.25, 0.3) is 5.56 Å². The Morgan fingerprint density at radius 1 is 1.04 bits per heavy atom. The van der Waals surface area contributed by atoms with Crippen LogP contribution in [0.5, 0.6) is 0 Å². The molecule has 0 aliphatic carbocycles. The molecule has 27 heavy (non-hydrogen) atoms. The van der Waals surface area contributed by atoms with Crippen LogP contribution in [0, 0.1) is 0 Å². The number of carboxylic acids is 1. The van der Waals surface area contributed by atoms with Crippen molar-refractivity contribution >= 4 is 22.8 Å². The molecule has 3 aromatic rings. The summed E-state index contributed by atoms with van der Waals surface area (Å²) >= 11 is 0. The number of H-pyrrole nitrogens is 1. The van der Waals surface area contributed by atoms with Gasteiger partial charge in [0.15, 0.2) is 0 Å². The number of para-hydroxylation sites is 1. The predicted octanol–water partition coefficient (Wildman–Crippen LogP) is 0.502. The summed E-state index contributed by atoms with van der Waals surface area (Å²) in [4.78, 5) is 50.8. The van der Waals surface area contributed by atoms with Crippen molar-refractivity contribution in [1.29, 1.82) is 0 Å². The van der Waals surface area contributed by atoms with Gasteiger partial charge in [0.2, 0.25) is 5.91 Å². The van der Waals surface area contributed by atoms with Crippen molar-refractivity contribution in [3.63, 3.8) is 0 Å². The second kappa shape index (κ2) is 7.69. The summed E-state index contributed by atoms with van der Waals surface area (Å²) in [7, 11) is 0. The molecule has 1 heterocycles. The number of rotatable bonds is 6. The SMILES string of the molecule is O=C(Cn1c(=O)[nH]c2ccccc2c1=O)NC(Cc1ccccc1)C(=O)O. The smallest absolute Gasteiger partial charge is 0.329 e. The Bertz CT molecular complexity index is 1100. The number of amides is 1. The van der Waals surface area contributed by atoms with E-state index in [9.17, 15) is 24.3 Å². The fraction of sp³-hybridized carbons (Fsp3) is 0.158. The summed E-state index contributed by atoms with van der Waals surface area (Å²) in [5.41, 5.74) is -0.231. The van der Waals surface area contributed by atoms with Crippen LogP contribution >= 0.6 is 0 Å². The minimum Gasteiger partial charge on any atom is -0.480 e. The number of carboxylic acid groups (broad SMARTS) is 1. The van der Waals surface area contributed by atoms with Crippen LogP contribution in [-0.4, -0.2) is 32.6 Å². The number of benzene rings is 2. The molecule has 0 aliphatic rings. The molecule has 1 amide bonds. The van der Waals surface area contributed by atoms with Crippen LogP contribution in [-0.2, 0) is 22.6 Å². The number of fused-ring (bicyclic) bond motifs is 1. The summed E-state index contributed by atoms with van der Waals surface area (Å²) in [6, 6.07) is 14.1. The molecule has 0 fully saturated rings. The van der Waals surface area contributed by atoms with Crippen molar-refractivity contribution in [2.75, 3.05) is 0 Å². The van der Waals surface area contributed by atoms with Crippen molar-refractivity contribution in [2.45, 2.75) is 19.0 Å². The van der Waals surface area contributed by atoms with Crippen molar-refractivity contribution in [1.82, 2.24) is 14.9 Å². The number of hydrogen-bond donors (Lipinski definition) is 3. The van der Waals surface area contributed by atoms with Crippen LogP contribution in [0.1, 0.15) is 5.56 Å². The Kier molecular flexibility index (Phi) is 5.16. The standard InChI is InChI=1S/C19H17N3O5/c23-16(20-15(18(25)26)10-12-6-2-1-3-7-12)11-22-17(24)13-8-4-5-9-14(13)21-19(22)27/h1-9,15H,10-11H2,(H,20,23)(H,21,27)(H,25,26).